The number of carbonyl (C=O) groups excluding carboxylic acids is 5. The Hall–Kier alpha value is -4.01. The van der Waals surface area contributed by atoms with E-state index in [1.807, 2.05) is 0 Å². The molecule has 0 bridgehead atoms. The first-order valence-electron chi connectivity index (χ1n) is 16.3. The van der Waals surface area contributed by atoms with Crippen molar-refractivity contribution >= 4 is 52.1 Å². The van der Waals surface area contributed by atoms with Gasteiger partial charge in [0, 0.05) is 17.5 Å². The highest BCUT2D eigenvalue weighted by Gasteiger charge is 2.45. The van der Waals surface area contributed by atoms with Gasteiger partial charge < -0.3 is 29.4 Å². The van der Waals surface area contributed by atoms with Crippen LogP contribution in [-0.4, -0.2) is 70.0 Å². The Balaban J connectivity index is 1.56. The summed E-state index contributed by atoms with van der Waals surface area (Å²) in [5, 5.41) is 6.15. The van der Waals surface area contributed by atoms with E-state index in [2.05, 4.69) is 15.6 Å². The van der Waals surface area contributed by atoms with Crippen LogP contribution in [0.4, 0.5) is 24.8 Å². The molecular formula is C33H44FN5O8S. The second-order valence-electron chi connectivity index (χ2n) is 14.4. The zero-order valence-electron chi connectivity index (χ0n) is 28.4. The lowest BCUT2D eigenvalue weighted by atomic mass is 9.90. The fourth-order valence-corrected chi connectivity index (χ4v) is 6.71. The van der Waals surface area contributed by atoms with Crippen molar-refractivity contribution in [2.45, 2.75) is 110 Å². The van der Waals surface area contributed by atoms with E-state index in [-0.39, 0.29) is 36.9 Å². The Kier molecular flexibility index (Phi) is 9.91. The number of hydrogen-bond donors (Lipinski definition) is 2. The number of anilines is 2. The summed E-state index contributed by atoms with van der Waals surface area (Å²) in [4.78, 5) is 72.9. The summed E-state index contributed by atoms with van der Waals surface area (Å²) >= 11 is 1.29. The number of rotatable bonds is 9. The van der Waals surface area contributed by atoms with Crippen LogP contribution in [0.25, 0.3) is 0 Å². The number of halogens is 1. The molecule has 0 saturated heterocycles. The van der Waals surface area contributed by atoms with E-state index in [9.17, 15) is 28.4 Å². The molecule has 4 amide bonds. The van der Waals surface area contributed by atoms with Gasteiger partial charge in [-0.15, -0.1) is 11.3 Å². The molecule has 2 aromatic heterocycles. The van der Waals surface area contributed by atoms with Crippen molar-refractivity contribution in [2.24, 2.45) is 11.8 Å². The summed E-state index contributed by atoms with van der Waals surface area (Å²) in [7, 11) is 0. The molecule has 3 aliphatic carbocycles. The topological polar surface area (TPSA) is 158 Å². The van der Waals surface area contributed by atoms with E-state index in [0.29, 0.717) is 46.3 Å². The third-order valence-electron chi connectivity index (χ3n) is 7.99. The minimum absolute atomic E-state index is 0.0174. The van der Waals surface area contributed by atoms with E-state index < -0.39 is 53.4 Å². The van der Waals surface area contributed by atoms with Gasteiger partial charge in [-0.2, -0.15) is 4.90 Å². The smallest absolute Gasteiger partial charge is 0.425 e. The molecule has 0 aromatic carbocycles. The lowest BCUT2D eigenvalue weighted by Gasteiger charge is -2.31. The minimum Gasteiger partial charge on any atom is -0.461 e. The van der Waals surface area contributed by atoms with Crippen LogP contribution in [0.5, 0.6) is 0 Å². The van der Waals surface area contributed by atoms with Crippen LogP contribution in [0.15, 0.2) is 6.33 Å². The molecule has 2 fully saturated rings. The standard InChI is InChI=1S/C33H44FN5O8S/c1-8-45-29(42)24-28(39(30(43)46-32(2,3)4)31(44)47-33(5,6)7)38(16-36-24)18-11-12-22-20(13-18)23(26(41)35-15-17-9-10-17)27(48-22)37-25(40)19-14-21(19)34/h16-19,21H,8-15H2,1-7H3,(H,35,41)(H,37,40)/t18-,19+,21-/m0/s1. The number of amides is 4. The first kappa shape index (κ1) is 35.3. The Bertz CT molecular complexity index is 1570. The Morgan fingerprint density at radius 1 is 1.04 bits per heavy atom. The van der Waals surface area contributed by atoms with E-state index in [0.717, 1.165) is 17.7 Å². The van der Waals surface area contributed by atoms with Gasteiger partial charge in [0.1, 0.15) is 22.4 Å². The Morgan fingerprint density at radius 3 is 2.21 bits per heavy atom. The van der Waals surface area contributed by atoms with Gasteiger partial charge in [0.05, 0.1) is 24.4 Å². The van der Waals surface area contributed by atoms with Crippen molar-refractivity contribution in [3.05, 3.63) is 28.0 Å². The van der Waals surface area contributed by atoms with Crippen LogP contribution < -0.4 is 15.5 Å². The number of hydrogen-bond acceptors (Lipinski definition) is 10. The molecule has 2 N–H and O–H groups in total. The molecule has 0 unspecified atom stereocenters. The van der Waals surface area contributed by atoms with E-state index in [4.69, 9.17) is 14.2 Å². The predicted molar refractivity (Wildman–Crippen MR) is 175 cm³/mol. The number of nitrogens with one attached hydrogen (secondary N) is 2. The Morgan fingerprint density at radius 2 is 1.67 bits per heavy atom. The van der Waals surface area contributed by atoms with Crippen LogP contribution in [-0.2, 0) is 31.8 Å². The first-order chi connectivity index (χ1) is 22.5. The normalized spacial score (nSPS) is 20.3. The molecular weight excluding hydrogens is 645 g/mol. The summed E-state index contributed by atoms with van der Waals surface area (Å²) in [6, 6.07) is -0.498. The van der Waals surface area contributed by atoms with Crippen LogP contribution in [0.1, 0.15) is 111 Å². The summed E-state index contributed by atoms with van der Waals surface area (Å²) in [5.41, 5.74) is -1.30. The number of fused-ring (bicyclic) bond motifs is 1. The third kappa shape index (κ3) is 8.16. The van der Waals surface area contributed by atoms with Crippen LogP contribution in [0.3, 0.4) is 0 Å². The fourth-order valence-electron chi connectivity index (χ4n) is 5.47. The van der Waals surface area contributed by atoms with Crippen LogP contribution >= 0.6 is 11.3 Å². The van der Waals surface area contributed by atoms with Gasteiger partial charge in [-0.25, -0.2) is 23.8 Å². The number of carbonyl (C=O) groups is 5. The molecule has 2 aromatic rings. The molecule has 15 heteroatoms. The summed E-state index contributed by atoms with van der Waals surface area (Å²) in [6.45, 7) is 12.0. The zero-order chi connectivity index (χ0) is 35.1. The van der Waals surface area contributed by atoms with Gasteiger partial charge in [0.2, 0.25) is 5.91 Å². The van der Waals surface area contributed by atoms with Crippen molar-refractivity contribution in [3.63, 3.8) is 0 Å². The molecule has 262 valence electrons. The molecule has 48 heavy (non-hydrogen) atoms. The summed E-state index contributed by atoms with van der Waals surface area (Å²) in [6.07, 6.45) is 1.42. The van der Waals surface area contributed by atoms with Crippen molar-refractivity contribution in [1.29, 1.82) is 0 Å². The van der Waals surface area contributed by atoms with Gasteiger partial charge in [-0.3, -0.25) is 9.59 Å². The zero-order valence-corrected chi connectivity index (χ0v) is 29.3. The molecule has 0 radical (unpaired) electrons. The lowest BCUT2D eigenvalue weighted by molar-refractivity contribution is -0.117. The number of esters is 1. The molecule has 13 nitrogen and oxygen atoms in total. The lowest BCUT2D eigenvalue weighted by Crippen LogP contribution is -2.45. The Labute approximate surface area is 282 Å². The highest BCUT2D eigenvalue weighted by atomic mass is 32.1. The second-order valence-corrected chi connectivity index (χ2v) is 15.6. The number of nitrogens with zero attached hydrogens (tertiary/aromatic N) is 3. The van der Waals surface area contributed by atoms with Gasteiger partial charge in [0.15, 0.2) is 11.5 Å². The maximum absolute atomic E-state index is 13.7. The highest BCUT2D eigenvalue weighted by molar-refractivity contribution is 7.17. The van der Waals surface area contributed by atoms with Crippen molar-refractivity contribution in [3.8, 4) is 0 Å². The van der Waals surface area contributed by atoms with Crippen molar-refractivity contribution in [1.82, 2.24) is 14.9 Å². The number of alkyl halides is 1. The van der Waals surface area contributed by atoms with E-state index in [1.165, 1.54) is 17.7 Å². The minimum atomic E-state index is -1.19. The maximum Gasteiger partial charge on any atom is 0.425 e. The van der Waals surface area contributed by atoms with Crippen LogP contribution in [0.2, 0.25) is 0 Å². The van der Waals surface area contributed by atoms with Crippen molar-refractivity contribution in [2.75, 3.05) is 23.4 Å². The van der Waals surface area contributed by atoms with E-state index >= 15 is 0 Å². The predicted octanol–water partition coefficient (Wildman–Crippen LogP) is 5.96. The molecule has 3 aliphatic rings. The quantitative estimate of drug-likeness (QED) is 0.239. The van der Waals surface area contributed by atoms with Crippen molar-refractivity contribution < 1.29 is 42.6 Å². The average Bonchev–Trinajstić information content (AvgIpc) is 3.86. The monoisotopic (exact) mass is 689 g/mol. The van der Waals surface area contributed by atoms with Crippen LogP contribution in [0, 0.1) is 11.8 Å². The van der Waals surface area contributed by atoms with Gasteiger partial charge in [-0.1, -0.05) is 0 Å². The number of aryl methyl sites for hydroxylation is 1. The average molecular weight is 690 g/mol. The summed E-state index contributed by atoms with van der Waals surface area (Å²) < 4.78 is 31.7. The molecule has 2 heterocycles. The molecule has 0 aliphatic heterocycles. The van der Waals surface area contributed by atoms with Gasteiger partial charge in [-0.05, 0) is 98.5 Å². The number of imidazole rings is 1. The number of aromatic nitrogens is 2. The molecule has 2 saturated carbocycles. The number of ether oxygens (including phenoxy) is 3. The number of imide groups is 1. The fraction of sp³-hybridized carbons (Fsp3) is 0.636. The van der Waals surface area contributed by atoms with E-state index in [1.54, 1.807) is 53.0 Å². The number of thiophene rings is 1. The largest absolute Gasteiger partial charge is 0.461 e. The first-order valence-corrected chi connectivity index (χ1v) is 17.2. The second kappa shape index (κ2) is 13.5. The van der Waals surface area contributed by atoms with Gasteiger partial charge >= 0.3 is 18.2 Å². The SMILES string of the molecule is CCOC(=O)c1ncn([C@H]2CCc3sc(NC(=O)[C@@H]4C[C@@H]4F)c(C(=O)NCC4CC4)c3C2)c1N(C(=O)OC(C)(C)C)C(=O)OC(C)(C)C. The highest BCUT2D eigenvalue weighted by Crippen LogP contribution is 2.44. The summed E-state index contributed by atoms with van der Waals surface area (Å²) in [5.74, 6) is -2.17. The molecule has 0 spiro atoms. The third-order valence-corrected chi connectivity index (χ3v) is 9.20. The van der Waals surface area contributed by atoms with Gasteiger partial charge in [0.25, 0.3) is 5.91 Å². The molecule has 5 rings (SSSR count). The molecule has 3 atom stereocenters. The maximum atomic E-state index is 13.7.